The van der Waals surface area contributed by atoms with E-state index in [4.69, 9.17) is 37.9 Å². The summed E-state index contributed by atoms with van der Waals surface area (Å²) in [5.74, 6) is -0.154. The van der Waals surface area contributed by atoms with Crippen molar-refractivity contribution in [2.75, 3.05) is 13.7 Å². The molecule has 9 heteroatoms. The van der Waals surface area contributed by atoms with Crippen LogP contribution in [0.15, 0.2) is 49.1 Å². The molecule has 0 aliphatic carbocycles. The summed E-state index contributed by atoms with van der Waals surface area (Å²) in [6.45, 7) is 18.6. The van der Waals surface area contributed by atoms with Crippen LogP contribution in [-0.2, 0) is 39.8 Å². The molecular formula is C40H57IO8. The van der Waals surface area contributed by atoms with Gasteiger partial charge in [-0.2, -0.15) is 0 Å². The first-order valence-corrected chi connectivity index (χ1v) is 19.8. The zero-order valence-electron chi connectivity index (χ0n) is 30.2. The fourth-order valence-electron chi connectivity index (χ4n) is 9.35. The van der Waals surface area contributed by atoms with Gasteiger partial charge in [0, 0.05) is 38.0 Å². The average molecular weight is 793 g/mol. The molecule has 49 heavy (non-hydrogen) atoms. The molecule has 2 unspecified atom stereocenters. The van der Waals surface area contributed by atoms with Gasteiger partial charge in [0.05, 0.1) is 59.4 Å². The van der Waals surface area contributed by atoms with Gasteiger partial charge in [-0.25, -0.2) is 0 Å². The summed E-state index contributed by atoms with van der Waals surface area (Å²) in [6, 6.07) is 8.05. The van der Waals surface area contributed by atoms with Crippen molar-refractivity contribution in [3.8, 4) is 5.75 Å². The first-order chi connectivity index (χ1) is 23.3. The van der Waals surface area contributed by atoms with Crippen LogP contribution in [0.2, 0.25) is 0 Å². The number of alkyl halides is 1. The Bertz CT molecular complexity index is 1370. The van der Waals surface area contributed by atoms with E-state index in [1.54, 1.807) is 7.11 Å². The highest BCUT2D eigenvalue weighted by atomic mass is 127. The Hall–Kier alpha value is -1.05. The first kappa shape index (κ1) is 36.3. The van der Waals surface area contributed by atoms with Crippen molar-refractivity contribution in [1.82, 2.24) is 0 Å². The molecule has 0 saturated carbocycles. The number of methoxy groups -OCH3 is 1. The molecule has 6 heterocycles. The molecule has 1 aromatic rings. The Morgan fingerprint density at radius 2 is 1.71 bits per heavy atom. The summed E-state index contributed by atoms with van der Waals surface area (Å²) < 4.78 is 52.6. The van der Waals surface area contributed by atoms with Gasteiger partial charge in [0.2, 0.25) is 0 Å². The largest absolute Gasteiger partial charge is 0.497 e. The molecule has 0 aromatic heterocycles. The molecule has 6 fully saturated rings. The van der Waals surface area contributed by atoms with E-state index in [1.807, 2.05) is 18.2 Å². The van der Waals surface area contributed by atoms with Gasteiger partial charge in [-0.05, 0) is 82.6 Å². The molecule has 6 aliphatic heterocycles. The Morgan fingerprint density at radius 3 is 2.45 bits per heavy atom. The topological polar surface area (TPSA) is 73.8 Å². The fourth-order valence-corrected chi connectivity index (χ4v) is 10.2. The van der Waals surface area contributed by atoms with Crippen LogP contribution in [0, 0.1) is 5.92 Å². The highest BCUT2D eigenvalue weighted by Crippen LogP contribution is 2.56. The second-order valence-corrected chi connectivity index (χ2v) is 17.8. The summed E-state index contributed by atoms with van der Waals surface area (Å²) in [5.41, 5.74) is 1.21. The van der Waals surface area contributed by atoms with Crippen LogP contribution in [0.25, 0.3) is 0 Å². The SMILES string of the molecule is C=C[C@@]1(C)CC[C@H]([C@@]23CC[C@@](C)(C[C@H]([C@H]4O[C@@](C)([C@@H](I)C5CC[C@]6(CCCC([C@H](C)COCc7ccc(OC)cc7)O6)O5)CC4=C)O2)O3)O1. The maximum Gasteiger partial charge on any atom is 0.195 e. The standard InChI is InChI=1S/C40H57IO8/c1-8-36(4)18-16-33(47-36)40-21-20-37(5,49-40)23-32(46-40)34-26(2)22-38(6,48-34)35(41)31-15-19-39(45-31)17-9-10-30(44-39)27(3)24-43-25-28-11-13-29(42-7)14-12-28/h8,11-14,27,30-35H,1-2,9-10,15-25H2,3-7H3/t27-,30?,31?,32-,33-,34+,35+,36+,37+,38-,39+,40+/m1/s1. The van der Waals surface area contributed by atoms with Crippen molar-refractivity contribution >= 4 is 22.6 Å². The zero-order chi connectivity index (χ0) is 34.7. The minimum atomic E-state index is -0.752. The lowest BCUT2D eigenvalue weighted by atomic mass is 9.89. The Morgan fingerprint density at radius 1 is 0.939 bits per heavy atom. The second kappa shape index (κ2) is 13.7. The van der Waals surface area contributed by atoms with E-state index in [-0.39, 0.29) is 51.6 Å². The summed E-state index contributed by atoms with van der Waals surface area (Å²) in [4.78, 5) is 0. The van der Waals surface area contributed by atoms with Crippen LogP contribution in [0.5, 0.6) is 5.75 Å². The Kier molecular flexibility index (Phi) is 10.2. The van der Waals surface area contributed by atoms with Gasteiger partial charge >= 0.3 is 0 Å². The monoisotopic (exact) mass is 792 g/mol. The number of benzene rings is 1. The average Bonchev–Trinajstić information content (AvgIpc) is 3.84. The molecular weight excluding hydrogens is 735 g/mol. The quantitative estimate of drug-likeness (QED) is 0.126. The minimum Gasteiger partial charge on any atom is -0.497 e. The van der Waals surface area contributed by atoms with Crippen molar-refractivity contribution in [3.63, 3.8) is 0 Å². The van der Waals surface area contributed by atoms with E-state index < -0.39 is 17.2 Å². The normalized spacial score (nSPS) is 44.8. The maximum atomic E-state index is 7.05. The molecule has 0 amide bonds. The van der Waals surface area contributed by atoms with Gasteiger partial charge in [0.1, 0.15) is 18.0 Å². The predicted molar refractivity (Wildman–Crippen MR) is 196 cm³/mol. The molecule has 0 N–H and O–H groups in total. The molecule has 2 bridgehead atoms. The van der Waals surface area contributed by atoms with Gasteiger partial charge < -0.3 is 37.9 Å². The molecule has 6 aliphatic rings. The lowest BCUT2D eigenvalue weighted by molar-refractivity contribution is -0.357. The van der Waals surface area contributed by atoms with Crippen molar-refractivity contribution in [1.29, 1.82) is 0 Å². The number of hydrogen-bond acceptors (Lipinski definition) is 8. The molecule has 1 spiro atoms. The zero-order valence-corrected chi connectivity index (χ0v) is 32.3. The number of hydrogen-bond donors (Lipinski definition) is 0. The molecule has 1 aromatic carbocycles. The smallest absolute Gasteiger partial charge is 0.195 e. The van der Waals surface area contributed by atoms with Gasteiger partial charge in [-0.3, -0.25) is 0 Å². The maximum absolute atomic E-state index is 7.05. The number of fused-ring (bicyclic) bond motifs is 2. The van der Waals surface area contributed by atoms with Crippen LogP contribution in [0.1, 0.15) is 104 Å². The van der Waals surface area contributed by atoms with Gasteiger partial charge in [-0.1, -0.05) is 54.3 Å². The van der Waals surface area contributed by atoms with Crippen molar-refractivity contribution in [2.24, 2.45) is 5.92 Å². The minimum absolute atomic E-state index is 0.0386. The lowest BCUT2D eigenvalue weighted by Gasteiger charge is -2.47. The van der Waals surface area contributed by atoms with Crippen LogP contribution in [-0.4, -0.2) is 76.5 Å². The predicted octanol–water partition coefficient (Wildman–Crippen LogP) is 8.38. The second-order valence-electron chi connectivity index (χ2n) is 16.5. The van der Waals surface area contributed by atoms with Gasteiger partial charge in [0.25, 0.3) is 0 Å². The van der Waals surface area contributed by atoms with Gasteiger partial charge in [0.15, 0.2) is 11.6 Å². The summed E-state index contributed by atoms with van der Waals surface area (Å²) in [6.07, 6.45) is 11.7. The summed E-state index contributed by atoms with van der Waals surface area (Å²) in [7, 11) is 1.68. The highest BCUT2D eigenvalue weighted by molar-refractivity contribution is 14.1. The lowest BCUT2D eigenvalue weighted by Crippen LogP contribution is -2.57. The Balaban J connectivity index is 0.950. The van der Waals surface area contributed by atoms with E-state index in [2.05, 4.69) is 75.6 Å². The number of halogens is 1. The Labute approximate surface area is 307 Å². The molecule has 6 saturated heterocycles. The van der Waals surface area contributed by atoms with E-state index >= 15 is 0 Å². The molecule has 12 atom stereocenters. The van der Waals surface area contributed by atoms with E-state index in [0.29, 0.717) is 13.2 Å². The van der Waals surface area contributed by atoms with E-state index in [0.717, 1.165) is 87.5 Å². The third kappa shape index (κ3) is 7.18. The number of ether oxygens (including phenoxy) is 8. The molecule has 7 rings (SSSR count). The number of rotatable bonds is 11. The summed E-state index contributed by atoms with van der Waals surface area (Å²) >= 11 is 2.58. The fraction of sp³-hybridized carbons (Fsp3) is 0.750. The van der Waals surface area contributed by atoms with E-state index in [1.165, 1.54) is 0 Å². The summed E-state index contributed by atoms with van der Waals surface area (Å²) in [5, 5.41) is 0. The van der Waals surface area contributed by atoms with Crippen LogP contribution < -0.4 is 4.74 Å². The third-order valence-corrected chi connectivity index (χ3v) is 14.4. The van der Waals surface area contributed by atoms with Crippen molar-refractivity contribution in [2.45, 2.75) is 168 Å². The van der Waals surface area contributed by atoms with Crippen LogP contribution in [0.3, 0.4) is 0 Å². The third-order valence-electron chi connectivity index (χ3n) is 12.3. The van der Waals surface area contributed by atoms with Crippen LogP contribution in [0.4, 0.5) is 0 Å². The van der Waals surface area contributed by atoms with Crippen LogP contribution >= 0.6 is 22.6 Å². The van der Waals surface area contributed by atoms with Gasteiger partial charge in [-0.15, -0.1) is 6.58 Å². The first-order valence-electron chi connectivity index (χ1n) is 18.6. The molecule has 0 radical (unpaired) electrons. The molecule has 8 nitrogen and oxygen atoms in total. The van der Waals surface area contributed by atoms with E-state index in [9.17, 15) is 0 Å². The van der Waals surface area contributed by atoms with Crippen molar-refractivity contribution < 1.29 is 37.9 Å². The van der Waals surface area contributed by atoms with Crippen molar-refractivity contribution in [3.05, 3.63) is 54.6 Å². The highest BCUT2D eigenvalue weighted by Gasteiger charge is 2.63. The molecule has 272 valence electrons.